The minimum atomic E-state index is -0.164. The van der Waals surface area contributed by atoms with Crippen LogP contribution in [0.15, 0.2) is 47.1 Å². The topological polar surface area (TPSA) is 77.2 Å². The molecule has 0 aliphatic heterocycles. The van der Waals surface area contributed by atoms with Crippen LogP contribution in [-0.4, -0.2) is 23.5 Å². The lowest BCUT2D eigenvalue weighted by atomic mass is 10.2. The van der Waals surface area contributed by atoms with E-state index in [0.29, 0.717) is 23.7 Å². The van der Waals surface area contributed by atoms with Gasteiger partial charge in [-0.15, -0.1) is 0 Å². The number of halogens is 1. The van der Waals surface area contributed by atoms with Gasteiger partial charge >= 0.3 is 0 Å². The lowest BCUT2D eigenvalue weighted by Gasteiger charge is -2.08. The van der Waals surface area contributed by atoms with Gasteiger partial charge in [0.1, 0.15) is 5.75 Å². The van der Waals surface area contributed by atoms with E-state index in [0.717, 1.165) is 10.9 Å². The second kappa shape index (κ2) is 7.91. The summed E-state index contributed by atoms with van der Waals surface area (Å²) in [7, 11) is 0. The molecule has 0 saturated heterocycles. The van der Waals surface area contributed by atoms with Crippen LogP contribution >= 0.6 is 15.9 Å². The average molecular weight is 364 g/mol. The third-order valence-corrected chi connectivity index (χ3v) is 3.45. The number of hydrogen-bond acceptors (Lipinski definition) is 4. The summed E-state index contributed by atoms with van der Waals surface area (Å²) < 4.78 is 6.58. The molecule has 2 aromatic rings. The van der Waals surface area contributed by atoms with Crippen molar-refractivity contribution in [2.45, 2.75) is 19.4 Å². The fraction of sp³-hybridized carbons (Fsp3) is 0.250. The molecule has 1 aromatic carbocycles. The number of carbonyl (C=O) groups excluding carboxylic acids is 1. The highest BCUT2D eigenvalue weighted by atomic mass is 79.9. The summed E-state index contributed by atoms with van der Waals surface area (Å²) >= 11 is 3.36. The zero-order valence-electron chi connectivity index (χ0n) is 12.3. The van der Waals surface area contributed by atoms with Crippen molar-refractivity contribution in [2.24, 2.45) is 5.73 Å². The van der Waals surface area contributed by atoms with E-state index >= 15 is 0 Å². The molecule has 0 fully saturated rings. The highest BCUT2D eigenvalue weighted by Gasteiger charge is 2.07. The van der Waals surface area contributed by atoms with Crippen molar-refractivity contribution < 1.29 is 9.53 Å². The van der Waals surface area contributed by atoms with Crippen LogP contribution in [-0.2, 0) is 0 Å². The molecule has 0 radical (unpaired) electrons. The molecule has 6 heteroatoms. The molecule has 0 aliphatic carbocycles. The molecule has 1 aromatic heterocycles. The van der Waals surface area contributed by atoms with Crippen LogP contribution in [0.5, 0.6) is 11.6 Å². The first-order chi connectivity index (χ1) is 10.5. The molecular formula is C16H18BrN3O2. The number of hydrogen-bond donors (Lipinski definition) is 2. The highest BCUT2D eigenvalue weighted by molar-refractivity contribution is 9.10. The van der Waals surface area contributed by atoms with Crippen molar-refractivity contribution in [2.75, 3.05) is 6.54 Å². The van der Waals surface area contributed by atoms with Crippen molar-refractivity contribution in [3.8, 4) is 11.6 Å². The monoisotopic (exact) mass is 363 g/mol. The maximum atomic E-state index is 11.9. The van der Waals surface area contributed by atoms with Crippen molar-refractivity contribution in [3.05, 3.63) is 52.6 Å². The quantitative estimate of drug-likeness (QED) is 0.826. The molecule has 0 bridgehead atoms. The van der Waals surface area contributed by atoms with Gasteiger partial charge in [-0.3, -0.25) is 4.79 Å². The van der Waals surface area contributed by atoms with E-state index in [-0.39, 0.29) is 11.9 Å². The molecule has 1 heterocycles. The van der Waals surface area contributed by atoms with E-state index in [1.165, 1.54) is 6.20 Å². The van der Waals surface area contributed by atoms with Gasteiger partial charge in [0, 0.05) is 29.3 Å². The van der Waals surface area contributed by atoms with Gasteiger partial charge in [0.15, 0.2) is 0 Å². The number of nitrogens with one attached hydrogen (secondary N) is 1. The number of aromatic nitrogens is 1. The van der Waals surface area contributed by atoms with E-state index in [2.05, 4.69) is 26.2 Å². The van der Waals surface area contributed by atoms with Crippen LogP contribution in [0.25, 0.3) is 0 Å². The third-order valence-electron chi connectivity index (χ3n) is 2.92. The Morgan fingerprint density at radius 1 is 1.32 bits per heavy atom. The zero-order chi connectivity index (χ0) is 15.9. The van der Waals surface area contributed by atoms with Crippen LogP contribution < -0.4 is 15.8 Å². The Morgan fingerprint density at radius 2 is 2.05 bits per heavy atom. The van der Waals surface area contributed by atoms with Crippen LogP contribution in [0, 0.1) is 0 Å². The third kappa shape index (κ3) is 5.13. The molecule has 2 rings (SSSR count). The first kappa shape index (κ1) is 16.5. The van der Waals surface area contributed by atoms with E-state index < -0.39 is 0 Å². The summed E-state index contributed by atoms with van der Waals surface area (Å²) in [4.78, 5) is 16.0. The predicted molar refractivity (Wildman–Crippen MR) is 89.1 cm³/mol. The Balaban J connectivity index is 1.92. The van der Waals surface area contributed by atoms with Crippen molar-refractivity contribution >= 4 is 21.8 Å². The van der Waals surface area contributed by atoms with Gasteiger partial charge in [0.25, 0.3) is 5.91 Å². The summed E-state index contributed by atoms with van der Waals surface area (Å²) in [6, 6.07) is 10.9. The second-order valence-electron chi connectivity index (χ2n) is 4.96. The van der Waals surface area contributed by atoms with Gasteiger partial charge in [-0.25, -0.2) is 4.98 Å². The average Bonchev–Trinajstić information content (AvgIpc) is 2.50. The zero-order valence-corrected chi connectivity index (χ0v) is 13.8. The van der Waals surface area contributed by atoms with Crippen LogP contribution in [0.2, 0.25) is 0 Å². The number of amides is 1. The Morgan fingerprint density at radius 3 is 2.64 bits per heavy atom. The lowest BCUT2D eigenvalue weighted by Crippen LogP contribution is -2.28. The van der Waals surface area contributed by atoms with Gasteiger partial charge in [-0.1, -0.05) is 15.9 Å². The molecule has 3 N–H and O–H groups in total. The Labute approximate surface area is 138 Å². The minimum absolute atomic E-state index is 0.0695. The highest BCUT2D eigenvalue weighted by Crippen LogP contribution is 2.21. The molecule has 1 atom stereocenters. The summed E-state index contributed by atoms with van der Waals surface area (Å²) in [5, 5.41) is 2.80. The van der Waals surface area contributed by atoms with Crippen LogP contribution in [0.4, 0.5) is 0 Å². The molecule has 5 nitrogen and oxygen atoms in total. The predicted octanol–water partition coefficient (Wildman–Crippen LogP) is 3.10. The largest absolute Gasteiger partial charge is 0.439 e. The molecule has 1 unspecified atom stereocenters. The molecule has 0 aliphatic rings. The minimum Gasteiger partial charge on any atom is -0.439 e. The number of nitrogens with zero attached hydrogens (tertiary/aromatic N) is 1. The van der Waals surface area contributed by atoms with Crippen molar-refractivity contribution in [1.29, 1.82) is 0 Å². The molecular weight excluding hydrogens is 346 g/mol. The number of ether oxygens (including phenoxy) is 1. The Kier molecular flexibility index (Phi) is 5.91. The van der Waals surface area contributed by atoms with Crippen LogP contribution in [0.1, 0.15) is 23.7 Å². The van der Waals surface area contributed by atoms with Crippen molar-refractivity contribution in [1.82, 2.24) is 10.3 Å². The van der Waals surface area contributed by atoms with E-state index in [9.17, 15) is 4.79 Å². The lowest BCUT2D eigenvalue weighted by molar-refractivity contribution is 0.0952. The maximum absolute atomic E-state index is 11.9. The van der Waals surface area contributed by atoms with Crippen LogP contribution in [0.3, 0.4) is 0 Å². The smallest absolute Gasteiger partial charge is 0.252 e. The normalized spacial score (nSPS) is 11.8. The first-order valence-electron chi connectivity index (χ1n) is 6.98. The molecule has 1 amide bonds. The first-order valence-corrected chi connectivity index (χ1v) is 7.77. The van der Waals surface area contributed by atoms with E-state index in [1.807, 2.05) is 31.2 Å². The molecule has 22 heavy (non-hydrogen) atoms. The maximum Gasteiger partial charge on any atom is 0.252 e. The van der Waals surface area contributed by atoms with E-state index in [4.69, 9.17) is 10.5 Å². The number of pyridine rings is 1. The van der Waals surface area contributed by atoms with Crippen molar-refractivity contribution in [3.63, 3.8) is 0 Å². The fourth-order valence-electron chi connectivity index (χ4n) is 1.71. The van der Waals surface area contributed by atoms with E-state index in [1.54, 1.807) is 12.1 Å². The summed E-state index contributed by atoms with van der Waals surface area (Å²) in [5.74, 6) is 0.961. The molecule has 0 spiro atoms. The number of rotatable bonds is 6. The second-order valence-corrected chi connectivity index (χ2v) is 5.88. The van der Waals surface area contributed by atoms with Gasteiger partial charge in [-0.05, 0) is 43.7 Å². The molecule has 116 valence electrons. The number of carbonyl (C=O) groups is 1. The van der Waals surface area contributed by atoms with Gasteiger partial charge in [0.05, 0.1) is 5.56 Å². The SMILES string of the molecule is CC(N)CCNC(=O)c1ccc(Oc2ccc(Br)cc2)nc1. The number of benzene rings is 1. The fourth-order valence-corrected chi connectivity index (χ4v) is 1.98. The van der Waals surface area contributed by atoms with Gasteiger partial charge in [-0.2, -0.15) is 0 Å². The standard InChI is InChI=1S/C16H18BrN3O2/c1-11(18)8-9-19-16(21)12-2-7-15(20-10-12)22-14-5-3-13(17)4-6-14/h2-7,10-11H,8-9,18H2,1H3,(H,19,21). The summed E-state index contributed by atoms with van der Waals surface area (Å²) in [6.07, 6.45) is 2.24. The molecule has 0 saturated carbocycles. The van der Waals surface area contributed by atoms with Gasteiger partial charge < -0.3 is 15.8 Å². The summed E-state index contributed by atoms with van der Waals surface area (Å²) in [5.41, 5.74) is 6.13. The Hall–Kier alpha value is -1.92. The summed E-state index contributed by atoms with van der Waals surface area (Å²) in [6.45, 7) is 2.45. The van der Waals surface area contributed by atoms with Gasteiger partial charge in [0.2, 0.25) is 5.88 Å². The number of nitrogens with two attached hydrogens (primary N) is 1. The Bertz CT molecular complexity index is 612.